The Bertz CT molecular complexity index is 656. The molecule has 0 bridgehead atoms. The third kappa shape index (κ3) is 3.42. The average Bonchev–Trinajstić information content (AvgIpc) is 2.49. The molecule has 0 saturated carbocycles. The molecule has 21 heavy (non-hydrogen) atoms. The topological polar surface area (TPSA) is 38.7 Å². The van der Waals surface area contributed by atoms with Crippen molar-refractivity contribution in [1.82, 2.24) is 0 Å². The standard InChI is InChI=1S/C16H16Br2O3/c1-9-6-10(4-5-12(9)17)16(19)11-7-15(21-3)13(18)8-14(11)20-2/h4-8,16,19H,1-3H3. The predicted octanol–water partition coefficient (Wildman–Crippen LogP) is 4.62. The van der Waals surface area contributed by atoms with Crippen LogP contribution in [0.4, 0.5) is 0 Å². The molecule has 2 aromatic rings. The summed E-state index contributed by atoms with van der Waals surface area (Å²) in [7, 11) is 3.17. The lowest BCUT2D eigenvalue weighted by Crippen LogP contribution is -2.04. The molecule has 1 atom stereocenters. The molecule has 0 fully saturated rings. The number of hydrogen-bond acceptors (Lipinski definition) is 3. The molecule has 0 aromatic heterocycles. The number of halogens is 2. The molecule has 2 aromatic carbocycles. The van der Waals surface area contributed by atoms with Gasteiger partial charge in [-0.3, -0.25) is 0 Å². The fraction of sp³-hybridized carbons (Fsp3) is 0.250. The van der Waals surface area contributed by atoms with Crippen molar-refractivity contribution < 1.29 is 14.6 Å². The van der Waals surface area contributed by atoms with Crippen molar-refractivity contribution in [3.8, 4) is 11.5 Å². The number of benzene rings is 2. The maximum Gasteiger partial charge on any atom is 0.133 e. The Kier molecular flexibility index (Phi) is 5.30. The molecule has 0 spiro atoms. The largest absolute Gasteiger partial charge is 0.496 e. The van der Waals surface area contributed by atoms with Gasteiger partial charge in [0.15, 0.2) is 0 Å². The number of rotatable bonds is 4. The van der Waals surface area contributed by atoms with Crippen molar-refractivity contribution >= 4 is 31.9 Å². The molecule has 2 rings (SSSR count). The van der Waals surface area contributed by atoms with E-state index in [4.69, 9.17) is 9.47 Å². The summed E-state index contributed by atoms with van der Waals surface area (Å²) in [5, 5.41) is 10.7. The van der Waals surface area contributed by atoms with E-state index in [0.717, 1.165) is 20.1 Å². The summed E-state index contributed by atoms with van der Waals surface area (Å²) in [6.07, 6.45) is -0.784. The lowest BCUT2D eigenvalue weighted by Gasteiger charge is -2.18. The molecule has 0 aliphatic carbocycles. The summed E-state index contributed by atoms with van der Waals surface area (Å²) in [5.74, 6) is 1.26. The van der Waals surface area contributed by atoms with E-state index in [1.54, 1.807) is 26.4 Å². The molecule has 112 valence electrons. The van der Waals surface area contributed by atoms with E-state index >= 15 is 0 Å². The number of aliphatic hydroxyl groups excluding tert-OH is 1. The minimum Gasteiger partial charge on any atom is -0.496 e. The molecular weight excluding hydrogens is 400 g/mol. The normalized spacial score (nSPS) is 12.1. The zero-order valence-corrected chi connectivity index (χ0v) is 15.2. The van der Waals surface area contributed by atoms with Crippen molar-refractivity contribution in [1.29, 1.82) is 0 Å². The minimum absolute atomic E-state index is 0.607. The highest BCUT2D eigenvalue weighted by atomic mass is 79.9. The first-order valence-corrected chi connectivity index (χ1v) is 7.92. The van der Waals surface area contributed by atoms with Crippen LogP contribution in [0.1, 0.15) is 22.8 Å². The highest BCUT2D eigenvalue weighted by molar-refractivity contribution is 9.10. The first-order valence-electron chi connectivity index (χ1n) is 6.33. The summed E-state index contributed by atoms with van der Waals surface area (Å²) >= 11 is 6.88. The van der Waals surface area contributed by atoms with E-state index in [-0.39, 0.29) is 0 Å². The number of ether oxygens (including phenoxy) is 2. The van der Waals surface area contributed by atoms with Gasteiger partial charge in [-0.1, -0.05) is 28.1 Å². The smallest absolute Gasteiger partial charge is 0.133 e. The zero-order chi connectivity index (χ0) is 15.6. The van der Waals surface area contributed by atoms with Gasteiger partial charge in [-0.25, -0.2) is 0 Å². The first kappa shape index (κ1) is 16.3. The molecule has 0 amide bonds. The van der Waals surface area contributed by atoms with Crippen LogP contribution < -0.4 is 9.47 Å². The monoisotopic (exact) mass is 414 g/mol. The fourth-order valence-corrected chi connectivity index (χ4v) is 2.85. The molecular formula is C16H16Br2O3. The van der Waals surface area contributed by atoms with Crippen molar-refractivity contribution in [2.24, 2.45) is 0 Å². The van der Waals surface area contributed by atoms with Crippen molar-refractivity contribution in [3.63, 3.8) is 0 Å². The van der Waals surface area contributed by atoms with E-state index in [1.807, 2.05) is 25.1 Å². The van der Waals surface area contributed by atoms with Gasteiger partial charge in [-0.05, 0) is 52.2 Å². The Hall–Kier alpha value is -1.04. The van der Waals surface area contributed by atoms with Crippen LogP contribution in [0.15, 0.2) is 39.3 Å². The van der Waals surface area contributed by atoms with Gasteiger partial charge in [0.1, 0.15) is 17.6 Å². The first-order chi connectivity index (χ1) is 9.97. The summed E-state index contributed by atoms with van der Waals surface area (Å²) < 4.78 is 12.5. The van der Waals surface area contributed by atoms with Crippen LogP contribution in [-0.2, 0) is 0 Å². The van der Waals surface area contributed by atoms with Crippen LogP contribution >= 0.6 is 31.9 Å². The summed E-state index contributed by atoms with van der Waals surface area (Å²) in [4.78, 5) is 0. The van der Waals surface area contributed by atoms with Crippen LogP contribution in [0.3, 0.4) is 0 Å². The number of hydrogen-bond donors (Lipinski definition) is 1. The second-order valence-electron chi connectivity index (χ2n) is 4.64. The van der Waals surface area contributed by atoms with E-state index in [2.05, 4.69) is 31.9 Å². The summed E-state index contributed by atoms with van der Waals surface area (Å²) in [6.45, 7) is 1.99. The Labute approximate surface area is 141 Å². The van der Waals surface area contributed by atoms with E-state index in [9.17, 15) is 5.11 Å². The Morgan fingerprint density at radius 3 is 2.19 bits per heavy atom. The van der Waals surface area contributed by atoms with E-state index in [1.165, 1.54) is 0 Å². The van der Waals surface area contributed by atoms with Gasteiger partial charge in [0, 0.05) is 10.0 Å². The Morgan fingerprint density at radius 1 is 0.952 bits per heavy atom. The molecule has 0 aliphatic rings. The molecule has 0 radical (unpaired) electrons. The van der Waals surface area contributed by atoms with Gasteiger partial charge < -0.3 is 14.6 Å². The lowest BCUT2D eigenvalue weighted by atomic mass is 9.99. The van der Waals surface area contributed by atoms with Crippen molar-refractivity contribution in [2.45, 2.75) is 13.0 Å². The van der Waals surface area contributed by atoms with Crippen LogP contribution in [0, 0.1) is 6.92 Å². The van der Waals surface area contributed by atoms with Gasteiger partial charge >= 0.3 is 0 Å². The minimum atomic E-state index is -0.784. The third-order valence-electron chi connectivity index (χ3n) is 3.30. The Morgan fingerprint density at radius 2 is 1.62 bits per heavy atom. The molecule has 0 heterocycles. The summed E-state index contributed by atoms with van der Waals surface area (Å²) in [5.41, 5.74) is 2.53. The molecule has 3 nitrogen and oxygen atoms in total. The highest BCUT2D eigenvalue weighted by Crippen LogP contribution is 2.38. The van der Waals surface area contributed by atoms with Crippen LogP contribution in [0.25, 0.3) is 0 Å². The van der Waals surface area contributed by atoms with E-state index in [0.29, 0.717) is 17.1 Å². The quantitative estimate of drug-likeness (QED) is 0.791. The second kappa shape index (κ2) is 6.81. The van der Waals surface area contributed by atoms with Crippen LogP contribution in [0.5, 0.6) is 11.5 Å². The molecule has 0 saturated heterocycles. The summed E-state index contributed by atoms with van der Waals surface area (Å²) in [6, 6.07) is 9.34. The van der Waals surface area contributed by atoms with Crippen molar-refractivity contribution in [3.05, 3.63) is 56.0 Å². The predicted molar refractivity (Wildman–Crippen MR) is 90.2 cm³/mol. The van der Waals surface area contributed by atoms with Gasteiger partial charge in [-0.2, -0.15) is 0 Å². The maximum absolute atomic E-state index is 10.7. The third-order valence-corrected chi connectivity index (χ3v) is 4.81. The molecule has 5 heteroatoms. The van der Waals surface area contributed by atoms with Gasteiger partial charge in [0.2, 0.25) is 0 Å². The number of methoxy groups -OCH3 is 2. The number of aryl methyl sites for hydroxylation is 1. The molecule has 1 unspecified atom stereocenters. The molecule has 0 aliphatic heterocycles. The second-order valence-corrected chi connectivity index (χ2v) is 6.35. The van der Waals surface area contributed by atoms with Gasteiger partial charge in [0.25, 0.3) is 0 Å². The zero-order valence-electron chi connectivity index (χ0n) is 12.0. The fourth-order valence-electron chi connectivity index (χ4n) is 2.12. The lowest BCUT2D eigenvalue weighted by molar-refractivity contribution is 0.214. The van der Waals surface area contributed by atoms with Gasteiger partial charge in [-0.15, -0.1) is 0 Å². The van der Waals surface area contributed by atoms with Crippen LogP contribution in [0.2, 0.25) is 0 Å². The molecule has 1 N–H and O–H groups in total. The maximum atomic E-state index is 10.7. The average molecular weight is 416 g/mol. The Balaban J connectivity index is 2.50. The SMILES string of the molecule is COc1cc(C(O)c2ccc(Br)c(C)c2)c(OC)cc1Br. The highest BCUT2D eigenvalue weighted by Gasteiger charge is 2.19. The number of aliphatic hydroxyl groups is 1. The van der Waals surface area contributed by atoms with Gasteiger partial charge in [0.05, 0.1) is 18.7 Å². The van der Waals surface area contributed by atoms with Crippen molar-refractivity contribution in [2.75, 3.05) is 14.2 Å². The van der Waals surface area contributed by atoms with Crippen LogP contribution in [-0.4, -0.2) is 19.3 Å². The van der Waals surface area contributed by atoms with E-state index < -0.39 is 6.10 Å².